The molecule has 2 N–H and O–H groups in total. The third-order valence-electron chi connectivity index (χ3n) is 2.37. The van der Waals surface area contributed by atoms with E-state index in [1.807, 2.05) is 0 Å². The van der Waals surface area contributed by atoms with Crippen molar-refractivity contribution in [3.8, 4) is 0 Å². The number of carbonyl (C=O) groups is 1. The second kappa shape index (κ2) is 5.46. The van der Waals surface area contributed by atoms with Gasteiger partial charge in [0.15, 0.2) is 0 Å². The number of hydrogen-bond donors (Lipinski definition) is 2. The molecule has 1 aromatic rings. The van der Waals surface area contributed by atoms with Crippen LogP contribution in [0.15, 0.2) is 18.2 Å². The number of nitrogens with zero attached hydrogens (tertiary/aromatic N) is 2. The van der Waals surface area contributed by atoms with E-state index in [0.717, 1.165) is 6.07 Å². The molecular formula is C11H14N2O5. The summed E-state index contributed by atoms with van der Waals surface area (Å²) in [6.07, 6.45) is -0.678. The van der Waals surface area contributed by atoms with E-state index in [1.54, 1.807) is 14.0 Å². The zero-order valence-corrected chi connectivity index (χ0v) is 10.0. The van der Waals surface area contributed by atoms with Gasteiger partial charge in [-0.1, -0.05) is 0 Å². The number of rotatable bonds is 5. The summed E-state index contributed by atoms with van der Waals surface area (Å²) in [4.78, 5) is 22.6. The number of nitro benzene ring substituents is 1. The van der Waals surface area contributed by atoms with E-state index >= 15 is 0 Å². The van der Waals surface area contributed by atoms with Crippen molar-refractivity contribution >= 4 is 17.3 Å². The Morgan fingerprint density at radius 3 is 2.61 bits per heavy atom. The number of hydrogen-bond acceptors (Lipinski definition) is 5. The van der Waals surface area contributed by atoms with Gasteiger partial charge >= 0.3 is 5.97 Å². The van der Waals surface area contributed by atoms with E-state index in [-0.39, 0.29) is 23.5 Å². The average Bonchev–Trinajstić information content (AvgIpc) is 2.26. The fourth-order valence-corrected chi connectivity index (χ4v) is 1.61. The van der Waals surface area contributed by atoms with Gasteiger partial charge < -0.3 is 15.1 Å². The summed E-state index contributed by atoms with van der Waals surface area (Å²) >= 11 is 0. The van der Waals surface area contributed by atoms with Crippen LogP contribution in [0.3, 0.4) is 0 Å². The third-order valence-corrected chi connectivity index (χ3v) is 2.37. The van der Waals surface area contributed by atoms with E-state index in [0.29, 0.717) is 0 Å². The molecule has 0 aliphatic rings. The Balaban J connectivity index is 3.22. The molecule has 0 saturated carbocycles. The first-order valence-electron chi connectivity index (χ1n) is 5.24. The van der Waals surface area contributed by atoms with Gasteiger partial charge in [0.2, 0.25) is 0 Å². The molecular weight excluding hydrogens is 240 g/mol. The van der Waals surface area contributed by atoms with Gasteiger partial charge in [0, 0.05) is 19.7 Å². The number of carboxylic acids is 1. The first-order chi connectivity index (χ1) is 8.32. The third kappa shape index (κ3) is 3.17. The highest BCUT2D eigenvalue weighted by Gasteiger charge is 2.20. The van der Waals surface area contributed by atoms with E-state index in [1.165, 1.54) is 17.0 Å². The maximum absolute atomic E-state index is 10.9. The van der Waals surface area contributed by atoms with Gasteiger partial charge in [-0.3, -0.25) is 10.1 Å². The fraction of sp³-hybridized carbons (Fsp3) is 0.364. The SMILES string of the molecule is CC(O)CN(C)c1cc(C(=O)O)ccc1[N+](=O)[O-]. The van der Waals surface area contributed by atoms with Gasteiger partial charge in [0.25, 0.3) is 5.69 Å². The molecule has 0 aromatic heterocycles. The van der Waals surface area contributed by atoms with Crippen LogP contribution in [0.1, 0.15) is 17.3 Å². The number of benzene rings is 1. The van der Waals surface area contributed by atoms with Gasteiger partial charge in [-0.05, 0) is 19.1 Å². The number of anilines is 1. The Bertz CT molecular complexity index is 473. The lowest BCUT2D eigenvalue weighted by molar-refractivity contribution is -0.384. The van der Waals surface area contributed by atoms with E-state index in [9.17, 15) is 20.0 Å². The molecule has 18 heavy (non-hydrogen) atoms. The van der Waals surface area contributed by atoms with Crippen LogP contribution in [0.5, 0.6) is 0 Å². The zero-order valence-electron chi connectivity index (χ0n) is 10.0. The molecule has 1 aromatic carbocycles. The maximum atomic E-state index is 10.9. The maximum Gasteiger partial charge on any atom is 0.335 e. The first-order valence-corrected chi connectivity index (χ1v) is 5.24. The normalized spacial score (nSPS) is 11.9. The highest BCUT2D eigenvalue weighted by Crippen LogP contribution is 2.28. The van der Waals surface area contributed by atoms with Crippen molar-refractivity contribution < 1.29 is 19.9 Å². The Kier molecular flexibility index (Phi) is 4.22. The predicted molar refractivity (Wildman–Crippen MR) is 65.0 cm³/mol. The summed E-state index contributed by atoms with van der Waals surface area (Å²) in [7, 11) is 1.56. The van der Waals surface area contributed by atoms with Crippen molar-refractivity contribution in [3.05, 3.63) is 33.9 Å². The minimum atomic E-state index is -1.16. The van der Waals surface area contributed by atoms with Crippen LogP contribution in [-0.2, 0) is 0 Å². The number of likely N-dealkylation sites (N-methyl/N-ethyl adjacent to an activating group) is 1. The first kappa shape index (κ1) is 13.9. The molecule has 0 aliphatic carbocycles. The van der Waals surface area contributed by atoms with Gasteiger partial charge in [0.05, 0.1) is 16.6 Å². The molecule has 0 spiro atoms. The quantitative estimate of drug-likeness (QED) is 0.602. The Morgan fingerprint density at radius 1 is 1.56 bits per heavy atom. The largest absolute Gasteiger partial charge is 0.478 e. The molecule has 1 rings (SSSR count). The van der Waals surface area contributed by atoms with Crippen molar-refractivity contribution in [1.82, 2.24) is 0 Å². The van der Waals surface area contributed by atoms with Gasteiger partial charge in [0.1, 0.15) is 5.69 Å². The van der Waals surface area contributed by atoms with Gasteiger partial charge in [-0.25, -0.2) is 4.79 Å². The van der Waals surface area contributed by atoms with Crippen LogP contribution in [0.4, 0.5) is 11.4 Å². The smallest absolute Gasteiger partial charge is 0.335 e. The molecule has 0 fully saturated rings. The number of carboxylic acid groups (broad SMARTS) is 1. The van der Waals surface area contributed by atoms with Gasteiger partial charge in [-0.15, -0.1) is 0 Å². The van der Waals surface area contributed by atoms with Crippen LogP contribution in [-0.4, -0.2) is 40.8 Å². The molecule has 0 amide bonds. The minimum absolute atomic E-state index is 0.0342. The Morgan fingerprint density at radius 2 is 2.17 bits per heavy atom. The summed E-state index contributed by atoms with van der Waals surface area (Å²) in [6.45, 7) is 1.72. The molecule has 7 nitrogen and oxygen atoms in total. The summed E-state index contributed by atoms with van der Waals surface area (Å²) in [6, 6.07) is 3.56. The summed E-state index contributed by atoms with van der Waals surface area (Å²) in [5, 5.41) is 29.0. The molecule has 98 valence electrons. The summed E-state index contributed by atoms with van der Waals surface area (Å²) in [5.41, 5.74) is -0.0583. The highest BCUT2D eigenvalue weighted by atomic mass is 16.6. The number of aliphatic hydroxyl groups excluding tert-OH is 1. The molecule has 0 aliphatic heterocycles. The van der Waals surface area contributed by atoms with Crippen LogP contribution in [0.2, 0.25) is 0 Å². The van der Waals surface area contributed by atoms with Crippen LogP contribution in [0.25, 0.3) is 0 Å². The standard InChI is InChI=1S/C11H14N2O5/c1-7(14)6-12(2)10-5-8(11(15)16)3-4-9(10)13(17)18/h3-5,7,14H,6H2,1-2H3,(H,15,16). The lowest BCUT2D eigenvalue weighted by Gasteiger charge is -2.20. The van der Waals surface area contributed by atoms with Crippen LogP contribution < -0.4 is 4.90 Å². The molecule has 1 atom stereocenters. The molecule has 7 heteroatoms. The average molecular weight is 254 g/mol. The molecule has 1 unspecified atom stereocenters. The number of nitro groups is 1. The van der Waals surface area contributed by atoms with Crippen molar-refractivity contribution in [2.24, 2.45) is 0 Å². The predicted octanol–water partition coefficient (Wildman–Crippen LogP) is 1.11. The lowest BCUT2D eigenvalue weighted by atomic mass is 10.1. The summed E-state index contributed by atoms with van der Waals surface area (Å²) < 4.78 is 0. The topological polar surface area (TPSA) is 104 Å². The minimum Gasteiger partial charge on any atom is -0.478 e. The molecule has 0 heterocycles. The lowest BCUT2D eigenvalue weighted by Crippen LogP contribution is -2.27. The van der Waals surface area contributed by atoms with Crippen molar-refractivity contribution in [2.75, 3.05) is 18.5 Å². The fourth-order valence-electron chi connectivity index (χ4n) is 1.61. The monoisotopic (exact) mass is 254 g/mol. The molecule has 0 saturated heterocycles. The van der Waals surface area contributed by atoms with Crippen molar-refractivity contribution in [1.29, 1.82) is 0 Å². The van der Waals surface area contributed by atoms with E-state index < -0.39 is 17.0 Å². The summed E-state index contributed by atoms with van der Waals surface area (Å²) in [5.74, 6) is -1.16. The second-order valence-corrected chi connectivity index (χ2v) is 4.00. The van der Waals surface area contributed by atoms with E-state index in [2.05, 4.69) is 0 Å². The second-order valence-electron chi connectivity index (χ2n) is 4.00. The highest BCUT2D eigenvalue weighted by molar-refractivity contribution is 5.90. The van der Waals surface area contributed by atoms with Crippen LogP contribution >= 0.6 is 0 Å². The van der Waals surface area contributed by atoms with E-state index in [4.69, 9.17) is 5.11 Å². The number of aliphatic hydroxyl groups is 1. The van der Waals surface area contributed by atoms with Crippen molar-refractivity contribution in [2.45, 2.75) is 13.0 Å². The Hall–Kier alpha value is -2.15. The molecule has 0 radical (unpaired) electrons. The number of aromatic carboxylic acids is 1. The Labute approximate surface area is 103 Å². The van der Waals surface area contributed by atoms with Gasteiger partial charge in [-0.2, -0.15) is 0 Å². The molecule has 0 bridgehead atoms. The van der Waals surface area contributed by atoms with Crippen LogP contribution in [0, 0.1) is 10.1 Å². The zero-order chi connectivity index (χ0) is 13.9. The van der Waals surface area contributed by atoms with Crippen molar-refractivity contribution in [3.63, 3.8) is 0 Å².